The Hall–Kier alpha value is -2.13. The first-order chi connectivity index (χ1) is 12.1. The smallest absolute Gasteiger partial charge is 0.274 e. The molecule has 0 unspecified atom stereocenters. The first kappa shape index (κ1) is 16.3. The quantitative estimate of drug-likeness (QED) is 0.438. The summed E-state index contributed by atoms with van der Waals surface area (Å²) < 4.78 is 14.0. The number of nitrogens with zero attached hydrogens (tertiary/aromatic N) is 2. The minimum atomic E-state index is -0.0570. The molecule has 25 heavy (non-hydrogen) atoms. The molecule has 0 saturated carbocycles. The minimum absolute atomic E-state index is 0.0570. The van der Waals surface area contributed by atoms with Crippen LogP contribution in [-0.4, -0.2) is 23.6 Å². The van der Waals surface area contributed by atoms with Crippen LogP contribution in [0.3, 0.4) is 0 Å². The normalized spacial score (nSPS) is 12.2. The standard InChI is InChI=1S/C18H13IN2O3S/c1-23-14-8-10(7-11(19)16(14)24-2)9-15-17(22)21-13-6-4-3-5-12(13)20-18(21)25-15/h3-9H,1-2H3/b15-9-. The third kappa shape index (κ3) is 2.67. The van der Waals surface area contributed by atoms with Gasteiger partial charge in [-0.05, 0) is 58.5 Å². The Balaban J connectivity index is 1.94. The highest BCUT2D eigenvalue weighted by atomic mass is 127. The first-order valence-corrected chi connectivity index (χ1v) is 9.35. The van der Waals surface area contributed by atoms with E-state index in [0.29, 0.717) is 21.0 Å². The van der Waals surface area contributed by atoms with E-state index in [2.05, 4.69) is 27.6 Å². The fraction of sp³-hybridized carbons (Fsp3) is 0.111. The Morgan fingerprint density at radius 2 is 2.00 bits per heavy atom. The molecule has 0 aliphatic heterocycles. The van der Waals surface area contributed by atoms with Gasteiger partial charge in [0.2, 0.25) is 0 Å². The van der Waals surface area contributed by atoms with E-state index in [4.69, 9.17) is 9.47 Å². The summed E-state index contributed by atoms with van der Waals surface area (Å²) in [4.78, 5) is 18.0. The van der Waals surface area contributed by atoms with Gasteiger partial charge in [-0.1, -0.05) is 23.5 Å². The topological polar surface area (TPSA) is 52.8 Å². The van der Waals surface area contributed by atoms with Gasteiger partial charge >= 0.3 is 0 Å². The van der Waals surface area contributed by atoms with Gasteiger partial charge in [0.05, 0.1) is 33.4 Å². The van der Waals surface area contributed by atoms with Gasteiger partial charge in [0.15, 0.2) is 16.5 Å². The van der Waals surface area contributed by atoms with E-state index in [1.165, 1.54) is 11.3 Å². The van der Waals surface area contributed by atoms with E-state index in [0.717, 1.165) is 20.2 Å². The summed E-state index contributed by atoms with van der Waals surface area (Å²) in [5.41, 5.74) is 2.49. The number of hydrogen-bond acceptors (Lipinski definition) is 5. The number of benzene rings is 2. The SMILES string of the molecule is COc1cc(/C=c2\sc3nc4ccccc4n3c2=O)cc(I)c1OC. The number of para-hydroxylation sites is 2. The highest BCUT2D eigenvalue weighted by molar-refractivity contribution is 14.1. The fourth-order valence-electron chi connectivity index (χ4n) is 2.78. The van der Waals surface area contributed by atoms with Gasteiger partial charge in [-0.2, -0.15) is 0 Å². The zero-order valence-electron chi connectivity index (χ0n) is 13.4. The lowest BCUT2D eigenvalue weighted by Crippen LogP contribution is -2.22. The summed E-state index contributed by atoms with van der Waals surface area (Å²) in [6.07, 6.45) is 1.86. The van der Waals surface area contributed by atoms with Gasteiger partial charge in [-0.15, -0.1) is 0 Å². The summed E-state index contributed by atoms with van der Waals surface area (Å²) in [5, 5.41) is 0. The maximum Gasteiger partial charge on any atom is 0.274 e. The van der Waals surface area contributed by atoms with E-state index in [1.54, 1.807) is 18.6 Å². The van der Waals surface area contributed by atoms with E-state index in [9.17, 15) is 4.79 Å². The predicted molar refractivity (Wildman–Crippen MR) is 108 cm³/mol. The van der Waals surface area contributed by atoms with Crippen molar-refractivity contribution in [2.45, 2.75) is 0 Å². The maximum absolute atomic E-state index is 12.8. The number of halogens is 1. The molecule has 0 atom stereocenters. The van der Waals surface area contributed by atoms with Gasteiger partial charge in [0.1, 0.15) is 0 Å². The molecule has 0 fully saturated rings. The molecule has 126 valence electrons. The molecule has 0 spiro atoms. The van der Waals surface area contributed by atoms with Crippen molar-refractivity contribution >= 4 is 56.0 Å². The van der Waals surface area contributed by atoms with Crippen molar-refractivity contribution in [2.24, 2.45) is 0 Å². The zero-order chi connectivity index (χ0) is 17.6. The number of rotatable bonds is 3. The Morgan fingerprint density at radius 3 is 2.76 bits per heavy atom. The van der Waals surface area contributed by atoms with Gasteiger partial charge in [0.25, 0.3) is 5.56 Å². The minimum Gasteiger partial charge on any atom is -0.493 e. The van der Waals surface area contributed by atoms with Crippen LogP contribution >= 0.6 is 33.9 Å². The number of imidazole rings is 1. The molecular formula is C18H13IN2O3S. The lowest BCUT2D eigenvalue weighted by Gasteiger charge is -2.10. The molecule has 4 aromatic rings. The summed E-state index contributed by atoms with van der Waals surface area (Å²) >= 11 is 3.58. The highest BCUT2D eigenvalue weighted by Gasteiger charge is 2.12. The molecular weight excluding hydrogens is 451 g/mol. The summed E-state index contributed by atoms with van der Waals surface area (Å²) in [7, 11) is 3.21. The number of fused-ring (bicyclic) bond motifs is 3. The highest BCUT2D eigenvalue weighted by Crippen LogP contribution is 2.33. The van der Waals surface area contributed by atoms with Crippen LogP contribution < -0.4 is 19.6 Å². The van der Waals surface area contributed by atoms with Crippen LogP contribution in [0.5, 0.6) is 11.5 Å². The van der Waals surface area contributed by atoms with Crippen molar-refractivity contribution in [3.8, 4) is 11.5 Å². The third-order valence-corrected chi connectivity index (χ3v) is 5.67. The predicted octanol–water partition coefficient (Wildman–Crippen LogP) is 3.08. The number of methoxy groups -OCH3 is 2. The van der Waals surface area contributed by atoms with Gasteiger partial charge in [0, 0.05) is 0 Å². The van der Waals surface area contributed by atoms with E-state index in [1.807, 2.05) is 42.5 Å². The van der Waals surface area contributed by atoms with Crippen LogP contribution in [0.25, 0.3) is 22.1 Å². The lowest BCUT2D eigenvalue weighted by atomic mass is 10.2. The van der Waals surface area contributed by atoms with Crippen LogP contribution in [0.15, 0.2) is 41.2 Å². The molecule has 2 aromatic carbocycles. The van der Waals surface area contributed by atoms with Crippen molar-refractivity contribution in [2.75, 3.05) is 14.2 Å². The van der Waals surface area contributed by atoms with Crippen LogP contribution in [0.4, 0.5) is 0 Å². The molecule has 0 N–H and O–H groups in total. The van der Waals surface area contributed by atoms with Gasteiger partial charge in [-0.3, -0.25) is 4.79 Å². The first-order valence-electron chi connectivity index (χ1n) is 7.45. The lowest BCUT2D eigenvalue weighted by molar-refractivity contribution is 0.353. The fourth-order valence-corrected chi connectivity index (χ4v) is 4.62. The van der Waals surface area contributed by atoms with E-state index < -0.39 is 0 Å². The van der Waals surface area contributed by atoms with Gasteiger partial charge in [-0.25, -0.2) is 9.38 Å². The summed E-state index contributed by atoms with van der Waals surface area (Å²) in [5.74, 6) is 1.33. The molecule has 5 nitrogen and oxygen atoms in total. The van der Waals surface area contributed by atoms with Crippen LogP contribution in [0.2, 0.25) is 0 Å². The Morgan fingerprint density at radius 1 is 1.20 bits per heavy atom. The summed E-state index contributed by atoms with van der Waals surface area (Å²) in [6.45, 7) is 0. The monoisotopic (exact) mass is 464 g/mol. The Kier molecular flexibility index (Phi) is 4.12. The number of thiazole rings is 1. The molecule has 0 amide bonds. The van der Waals surface area contributed by atoms with Crippen LogP contribution in [0.1, 0.15) is 5.56 Å². The zero-order valence-corrected chi connectivity index (χ0v) is 16.4. The maximum atomic E-state index is 12.8. The second-order valence-corrected chi connectivity index (χ2v) is 7.54. The molecule has 0 aliphatic rings. The molecule has 0 saturated heterocycles. The molecule has 0 bridgehead atoms. The van der Waals surface area contributed by atoms with Crippen molar-refractivity contribution in [3.05, 3.63) is 60.4 Å². The van der Waals surface area contributed by atoms with Crippen molar-refractivity contribution in [3.63, 3.8) is 0 Å². The Labute approximate surface area is 160 Å². The van der Waals surface area contributed by atoms with Crippen molar-refractivity contribution in [1.82, 2.24) is 9.38 Å². The second kappa shape index (κ2) is 6.30. The number of ether oxygens (including phenoxy) is 2. The average molecular weight is 464 g/mol. The van der Waals surface area contributed by atoms with E-state index in [-0.39, 0.29) is 5.56 Å². The molecule has 0 aliphatic carbocycles. The van der Waals surface area contributed by atoms with Crippen LogP contribution in [-0.2, 0) is 0 Å². The Bertz CT molecular complexity index is 1210. The summed E-state index contributed by atoms with van der Waals surface area (Å²) in [6, 6.07) is 11.5. The largest absolute Gasteiger partial charge is 0.493 e. The van der Waals surface area contributed by atoms with E-state index >= 15 is 0 Å². The number of hydrogen-bond donors (Lipinski definition) is 0. The second-order valence-electron chi connectivity index (χ2n) is 5.37. The molecule has 7 heteroatoms. The van der Waals surface area contributed by atoms with Crippen LogP contribution in [0, 0.1) is 3.57 Å². The molecule has 4 rings (SSSR count). The van der Waals surface area contributed by atoms with Crippen molar-refractivity contribution in [1.29, 1.82) is 0 Å². The molecule has 2 aromatic heterocycles. The molecule has 2 heterocycles. The average Bonchev–Trinajstić information content (AvgIpc) is 3.11. The third-order valence-electron chi connectivity index (χ3n) is 3.90. The van der Waals surface area contributed by atoms with Crippen molar-refractivity contribution < 1.29 is 9.47 Å². The molecule has 0 radical (unpaired) electrons. The van der Waals surface area contributed by atoms with Gasteiger partial charge < -0.3 is 9.47 Å². The number of aromatic nitrogens is 2.